The number of hydrogen-bond acceptors (Lipinski definition) is 3. The van der Waals surface area contributed by atoms with E-state index in [2.05, 4.69) is 10.6 Å². The fraction of sp³-hybridized carbons (Fsp3) is 0.462. The van der Waals surface area contributed by atoms with Crippen LogP contribution in [0.15, 0.2) is 18.2 Å². The van der Waals surface area contributed by atoms with E-state index < -0.39 is 0 Å². The summed E-state index contributed by atoms with van der Waals surface area (Å²) in [6.45, 7) is 1.85. The van der Waals surface area contributed by atoms with Crippen molar-refractivity contribution in [1.82, 2.24) is 10.6 Å². The monoisotopic (exact) mass is 234 g/mol. The Morgan fingerprint density at radius 3 is 3.00 bits per heavy atom. The van der Waals surface area contributed by atoms with Gasteiger partial charge < -0.3 is 10.4 Å². The first-order chi connectivity index (χ1) is 8.13. The van der Waals surface area contributed by atoms with Crippen LogP contribution in [0.5, 0.6) is 5.75 Å². The van der Waals surface area contributed by atoms with E-state index in [0.29, 0.717) is 5.75 Å². The molecule has 2 unspecified atom stereocenters. The predicted octanol–water partition coefficient (Wildman–Crippen LogP) is 1.10. The van der Waals surface area contributed by atoms with Crippen molar-refractivity contribution in [2.24, 2.45) is 0 Å². The lowest BCUT2D eigenvalue weighted by molar-refractivity contribution is -0.122. The second-order valence-electron chi connectivity index (χ2n) is 4.44. The largest absolute Gasteiger partial charge is 0.508 e. The van der Waals surface area contributed by atoms with Crippen molar-refractivity contribution in [2.75, 3.05) is 7.05 Å². The lowest BCUT2D eigenvalue weighted by Gasteiger charge is -2.19. The number of hydrogen-bond donors (Lipinski definition) is 3. The van der Waals surface area contributed by atoms with E-state index >= 15 is 0 Å². The van der Waals surface area contributed by atoms with Crippen LogP contribution in [0.4, 0.5) is 0 Å². The Hall–Kier alpha value is -1.55. The number of aromatic hydroxyl groups is 1. The molecule has 0 saturated heterocycles. The standard InChI is InChI=1S/C13H18N2O2/c1-8(13(17)14-2)15-11-7-6-10-9(11)4-3-5-12(10)16/h3-5,8,11,15-16H,6-7H2,1-2H3,(H,14,17). The van der Waals surface area contributed by atoms with Gasteiger partial charge >= 0.3 is 0 Å². The van der Waals surface area contributed by atoms with E-state index in [0.717, 1.165) is 24.0 Å². The van der Waals surface area contributed by atoms with Crippen molar-refractivity contribution in [3.05, 3.63) is 29.3 Å². The molecule has 0 radical (unpaired) electrons. The Bertz CT molecular complexity index is 431. The normalized spacial score (nSPS) is 19.8. The highest BCUT2D eigenvalue weighted by Crippen LogP contribution is 2.36. The third-order valence-corrected chi connectivity index (χ3v) is 3.34. The summed E-state index contributed by atoms with van der Waals surface area (Å²) >= 11 is 0. The molecular formula is C13H18N2O2. The van der Waals surface area contributed by atoms with Gasteiger partial charge in [0.05, 0.1) is 6.04 Å². The zero-order valence-electron chi connectivity index (χ0n) is 10.2. The van der Waals surface area contributed by atoms with Crippen LogP contribution in [0.3, 0.4) is 0 Å². The van der Waals surface area contributed by atoms with E-state index in [4.69, 9.17) is 0 Å². The highest BCUT2D eigenvalue weighted by atomic mass is 16.3. The summed E-state index contributed by atoms with van der Waals surface area (Å²) < 4.78 is 0. The maximum Gasteiger partial charge on any atom is 0.236 e. The lowest BCUT2D eigenvalue weighted by atomic mass is 10.1. The number of carbonyl (C=O) groups excluding carboxylic acids is 1. The predicted molar refractivity (Wildman–Crippen MR) is 65.8 cm³/mol. The summed E-state index contributed by atoms with van der Waals surface area (Å²) in [5.41, 5.74) is 2.12. The van der Waals surface area contributed by atoms with Crippen molar-refractivity contribution < 1.29 is 9.90 Å². The Kier molecular flexibility index (Phi) is 3.33. The van der Waals surface area contributed by atoms with Gasteiger partial charge in [0.15, 0.2) is 0 Å². The smallest absolute Gasteiger partial charge is 0.236 e. The molecule has 0 bridgehead atoms. The first-order valence-electron chi connectivity index (χ1n) is 5.92. The van der Waals surface area contributed by atoms with E-state index in [9.17, 15) is 9.90 Å². The zero-order valence-corrected chi connectivity index (χ0v) is 10.2. The van der Waals surface area contributed by atoms with Crippen molar-refractivity contribution in [3.63, 3.8) is 0 Å². The van der Waals surface area contributed by atoms with Gasteiger partial charge in [-0.3, -0.25) is 10.1 Å². The number of amides is 1. The zero-order chi connectivity index (χ0) is 12.4. The average Bonchev–Trinajstić information content (AvgIpc) is 2.73. The van der Waals surface area contributed by atoms with Crippen LogP contribution >= 0.6 is 0 Å². The van der Waals surface area contributed by atoms with Crippen LogP contribution in [0.1, 0.15) is 30.5 Å². The Morgan fingerprint density at radius 2 is 2.29 bits per heavy atom. The number of carbonyl (C=O) groups is 1. The number of phenols is 1. The molecule has 1 amide bonds. The van der Waals surface area contributed by atoms with Gasteiger partial charge in [-0.05, 0) is 37.0 Å². The molecule has 0 aliphatic heterocycles. The van der Waals surface area contributed by atoms with Gasteiger partial charge in [-0.15, -0.1) is 0 Å². The summed E-state index contributed by atoms with van der Waals surface area (Å²) in [6.07, 6.45) is 1.79. The number of fused-ring (bicyclic) bond motifs is 1. The van der Waals surface area contributed by atoms with Gasteiger partial charge in [-0.25, -0.2) is 0 Å². The summed E-state index contributed by atoms with van der Waals surface area (Å²) in [5, 5.41) is 15.6. The number of nitrogens with one attached hydrogen (secondary N) is 2. The topological polar surface area (TPSA) is 61.4 Å². The van der Waals surface area contributed by atoms with E-state index in [1.807, 2.05) is 19.1 Å². The highest BCUT2D eigenvalue weighted by Gasteiger charge is 2.26. The summed E-state index contributed by atoms with van der Waals surface area (Å²) in [5.74, 6) is 0.345. The average molecular weight is 234 g/mol. The molecule has 4 heteroatoms. The van der Waals surface area contributed by atoms with E-state index in [-0.39, 0.29) is 18.0 Å². The molecule has 0 fully saturated rings. The van der Waals surface area contributed by atoms with Crippen LogP contribution in [0, 0.1) is 0 Å². The van der Waals surface area contributed by atoms with Gasteiger partial charge in [0.1, 0.15) is 5.75 Å². The SMILES string of the molecule is CNC(=O)C(C)NC1CCc2c(O)cccc21. The second kappa shape index (κ2) is 4.75. The molecule has 0 saturated carbocycles. The van der Waals surface area contributed by atoms with Crippen LogP contribution in [0.25, 0.3) is 0 Å². The summed E-state index contributed by atoms with van der Waals surface area (Å²) in [7, 11) is 1.63. The van der Waals surface area contributed by atoms with Gasteiger partial charge in [0, 0.05) is 13.1 Å². The van der Waals surface area contributed by atoms with Crippen molar-refractivity contribution >= 4 is 5.91 Å². The van der Waals surface area contributed by atoms with Crippen LogP contribution in [-0.4, -0.2) is 24.1 Å². The summed E-state index contributed by atoms with van der Waals surface area (Å²) in [4.78, 5) is 11.5. The number of rotatable bonds is 3. The van der Waals surface area contributed by atoms with Gasteiger partial charge in [-0.2, -0.15) is 0 Å². The van der Waals surface area contributed by atoms with Crippen molar-refractivity contribution in [1.29, 1.82) is 0 Å². The Labute approximate surface area is 101 Å². The highest BCUT2D eigenvalue weighted by molar-refractivity contribution is 5.81. The quantitative estimate of drug-likeness (QED) is 0.734. The minimum Gasteiger partial charge on any atom is -0.508 e. The minimum atomic E-state index is -0.224. The number of phenolic OH excluding ortho intramolecular Hbond substituents is 1. The van der Waals surface area contributed by atoms with Gasteiger partial charge in [0.2, 0.25) is 5.91 Å². The van der Waals surface area contributed by atoms with E-state index in [1.54, 1.807) is 13.1 Å². The molecule has 92 valence electrons. The molecule has 1 aliphatic carbocycles. The molecule has 4 nitrogen and oxygen atoms in total. The molecule has 0 spiro atoms. The van der Waals surface area contributed by atoms with Crippen LogP contribution in [0.2, 0.25) is 0 Å². The Morgan fingerprint density at radius 1 is 1.53 bits per heavy atom. The molecule has 2 rings (SSSR count). The minimum absolute atomic E-state index is 0.0152. The molecule has 1 aromatic carbocycles. The molecule has 0 aromatic heterocycles. The van der Waals surface area contributed by atoms with Gasteiger partial charge in [0.25, 0.3) is 0 Å². The first-order valence-corrected chi connectivity index (χ1v) is 5.92. The molecule has 1 aromatic rings. The Balaban J connectivity index is 2.12. The fourth-order valence-corrected chi connectivity index (χ4v) is 2.40. The third-order valence-electron chi connectivity index (χ3n) is 3.34. The molecular weight excluding hydrogens is 216 g/mol. The molecule has 3 N–H and O–H groups in total. The first kappa shape index (κ1) is 11.9. The van der Waals surface area contributed by atoms with Crippen LogP contribution in [-0.2, 0) is 11.2 Å². The maximum absolute atomic E-state index is 11.5. The maximum atomic E-state index is 11.5. The van der Waals surface area contributed by atoms with E-state index in [1.165, 1.54) is 0 Å². The second-order valence-corrected chi connectivity index (χ2v) is 4.44. The van der Waals surface area contributed by atoms with Gasteiger partial charge in [-0.1, -0.05) is 12.1 Å². The molecule has 1 aliphatic rings. The van der Waals surface area contributed by atoms with Crippen LogP contribution < -0.4 is 10.6 Å². The fourth-order valence-electron chi connectivity index (χ4n) is 2.40. The number of benzene rings is 1. The third kappa shape index (κ3) is 2.26. The number of likely N-dealkylation sites (N-methyl/N-ethyl adjacent to an activating group) is 1. The molecule has 17 heavy (non-hydrogen) atoms. The molecule has 0 heterocycles. The summed E-state index contributed by atoms with van der Waals surface area (Å²) in [6, 6.07) is 5.50. The van der Waals surface area contributed by atoms with Crippen molar-refractivity contribution in [3.8, 4) is 5.75 Å². The van der Waals surface area contributed by atoms with Crippen molar-refractivity contribution in [2.45, 2.75) is 31.8 Å². The lowest BCUT2D eigenvalue weighted by Crippen LogP contribution is -2.41. The molecule has 2 atom stereocenters.